The lowest BCUT2D eigenvalue weighted by molar-refractivity contribution is 0.315. The Morgan fingerprint density at radius 3 is 2.90 bits per heavy atom. The van der Waals surface area contributed by atoms with Gasteiger partial charge in [0.2, 0.25) is 0 Å². The van der Waals surface area contributed by atoms with Gasteiger partial charge in [0.15, 0.2) is 0 Å². The summed E-state index contributed by atoms with van der Waals surface area (Å²) in [6.45, 7) is 0.574. The number of benzene rings is 2. The second-order valence-electron chi connectivity index (χ2n) is 4.79. The highest BCUT2D eigenvalue weighted by molar-refractivity contribution is 8.00. The summed E-state index contributed by atoms with van der Waals surface area (Å²) in [5.74, 6) is 0.537. The lowest BCUT2D eigenvalue weighted by Crippen LogP contribution is -2.13. The van der Waals surface area contributed by atoms with E-state index in [9.17, 15) is 4.39 Å². The molecule has 0 bridgehead atoms. The van der Waals surface area contributed by atoms with Gasteiger partial charge in [-0.15, -0.1) is 23.4 Å². The summed E-state index contributed by atoms with van der Waals surface area (Å²) in [5, 5.41) is 0.384. The summed E-state index contributed by atoms with van der Waals surface area (Å²) in [6.07, 6.45) is 0.999. The summed E-state index contributed by atoms with van der Waals surface area (Å²) in [7, 11) is 0. The van der Waals surface area contributed by atoms with Crippen molar-refractivity contribution in [2.75, 3.05) is 6.61 Å². The second kappa shape index (κ2) is 6.06. The minimum atomic E-state index is -0.305. The number of fused-ring (bicyclic) bond motifs is 1. The van der Waals surface area contributed by atoms with E-state index in [-0.39, 0.29) is 11.7 Å². The Kier molecular flexibility index (Phi) is 4.18. The van der Waals surface area contributed by atoms with Crippen molar-refractivity contribution >= 4 is 23.4 Å². The minimum absolute atomic E-state index is 0.289. The Morgan fingerprint density at radius 2 is 2.10 bits per heavy atom. The molecule has 2 aromatic rings. The molecule has 2 aromatic carbocycles. The summed E-state index contributed by atoms with van der Waals surface area (Å²) < 4.78 is 19.1. The smallest absolute Gasteiger partial charge is 0.127 e. The van der Waals surface area contributed by atoms with Crippen LogP contribution in [0.15, 0.2) is 47.4 Å². The van der Waals surface area contributed by atoms with Gasteiger partial charge in [0.05, 0.1) is 0 Å². The minimum Gasteiger partial charge on any atom is -0.492 e. The Bertz CT molecular complexity index is 592. The van der Waals surface area contributed by atoms with Gasteiger partial charge in [0.1, 0.15) is 18.2 Å². The zero-order valence-corrected chi connectivity index (χ0v) is 12.4. The topological polar surface area (TPSA) is 9.23 Å². The summed E-state index contributed by atoms with van der Waals surface area (Å²) >= 11 is 7.56. The van der Waals surface area contributed by atoms with E-state index in [4.69, 9.17) is 16.3 Å². The van der Waals surface area contributed by atoms with Crippen LogP contribution >= 0.6 is 23.4 Å². The normalized spacial score (nSPS) is 17.0. The highest BCUT2D eigenvalue weighted by atomic mass is 35.5. The first-order chi connectivity index (χ1) is 9.74. The van der Waals surface area contributed by atoms with Crippen molar-refractivity contribution in [1.29, 1.82) is 0 Å². The van der Waals surface area contributed by atoms with Crippen LogP contribution in [0.2, 0.25) is 0 Å². The van der Waals surface area contributed by atoms with Crippen LogP contribution in [-0.4, -0.2) is 11.9 Å². The van der Waals surface area contributed by atoms with Gasteiger partial charge in [0, 0.05) is 22.1 Å². The molecule has 1 aliphatic rings. The van der Waals surface area contributed by atoms with Gasteiger partial charge in [-0.3, -0.25) is 0 Å². The number of halogens is 2. The highest BCUT2D eigenvalue weighted by Gasteiger charge is 2.22. The van der Waals surface area contributed by atoms with E-state index in [2.05, 4.69) is 18.2 Å². The van der Waals surface area contributed by atoms with Gasteiger partial charge in [-0.2, -0.15) is 0 Å². The van der Waals surface area contributed by atoms with Crippen LogP contribution in [0.3, 0.4) is 0 Å². The monoisotopic (exact) mass is 308 g/mol. The second-order valence-corrected chi connectivity index (χ2v) is 6.40. The Hall–Kier alpha value is -1.19. The quantitative estimate of drug-likeness (QED) is 0.760. The molecule has 104 valence electrons. The zero-order chi connectivity index (χ0) is 13.9. The largest absolute Gasteiger partial charge is 0.492 e. The maximum Gasteiger partial charge on any atom is 0.127 e. The lowest BCUT2D eigenvalue weighted by Gasteiger charge is -2.11. The molecule has 0 spiro atoms. The van der Waals surface area contributed by atoms with Crippen molar-refractivity contribution in [2.45, 2.75) is 22.4 Å². The van der Waals surface area contributed by atoms with E-state index in [1.165, 1.54) is 22.6 Å². The maximum atomic E-state index is 13.4. The molecule has 0 aromatic heterocycles. The van der Waals surface area contributed by atoms with Crippen molar-refractivity contribution in [3.63, 3.8) is 0 Å². The van der Waals surface area contributed by atoms with Gasteiger partial charge < -0.3 is 4.74 Å². The molecule has 1 atom stereocenters. The number of ether oxygens (including phenoxy) is 1. The Balaban J connectivity index is 1.63. The number of alkyl halides is 1. The van der Waals surface area contributed by atoms with Crippen LogP contribution in [-0.2, 0) is 12.3 Å². The van der Waals surface area contributed by atoms with Crippen LogP contribution in [0.5, 0.6) is 5.75 Å². The summed E-state index contributed by atoms with van der Waals surface area (Å²) in [6, 6.07) is 13.0. The molecule has 1 heterocycles. The van der Waals surface area contributed by atoms with Crippen LogP contribution in [0.1, 0.15) is 11.1 Å². The van der Waals surface area contributed by atoms with E-state index in [1.807, 2.05) is 17.8 Å². The van der Waals surface area contributed by atoms with Crippen LogP contribution in [0, 0.1) is 5.82 Å². The zero-order valence-electron chi connectivity index (χ0n) is 10.8. The fourth-order valence-electron chi connectivity index (χ4n) is 2.32. The highest BCUT2D eigenvalue weighted by Crippen LogP contribution is 2.37. The lowest BCUT2D eigenvalue weighted by atomic mass is 10.1. The number of hydrogen-bond donors (Lipinski definition) is 0. The molecular formula is C16H14ClFOS. The fraction of sp³-hybridized carbons (Fsp3) is 0.250. The molecule has 0 saturated carbocycles. The summed E-state index contributed by atoms with van der Waals surface area (Å²) in [5.41, 5.74) is 2.11. The molecule has 0 fully saturated rings. The third kappa shape index (κ3) is 3.10. The fourth-order valence-corrected chi connectivity index (χ4v) is 3.69. The molecule has 1 aliphatic heterocycles. The van der Waals surface area contributed by atoms with Crippen LogP contribution in [0.25, 0.3) is 0 Å². The molecule has 0 saturated heterocycles. The first-order valence-electron chi connectivity index (χ1n) is 6.47. The third-order valence-electron chi connectivity index (χ3n) is 3.24. The number of hydrogen-bond acceptors (Lipinski definition) is 2. The van der Waals surface area contributed by atoms with Crippen LogP contribution in [0.4, 0.5) is 4.39 Å². The van der Waals surface area contributed by atoms with Gasteiger partial charge >= 0.3 is 0 Å². The molecular weight excluding hydrogens is 295 g/mol. The molecule has 0 radical (unpaired) electrons. The molecule has 1 unspecified atom stereocenters. The molecule has 1 nitrogen and oxygen atoms in total. The predicted molar refractivity (Wildman–Crippen MR) is 81.2 cm³/mol. The third-order valence-corrected chi connectivity index (χ3v) is 4.83. The average Bonchev–Trinajstić information content (AvgIpc) is 2.87. The molecule has 0 N–H and O–H groups in total. The Morgan fingerprint density at radius 1 is 1.25 bits per heavy atom. The number of rotatable bonds is 4. The first kappa shape index (κ1) is 13.8. The predicted octanol–water partition coefficient (Wildman–Crippen LogP) is 4.66. The average molecular weight is 309 g/mol. The van der Waals surface area contributed by atoms with Crippen molar-refractivity contribution < 1.29 is 9.13 Å². The number of thioether (sulfide) groups is 1. The van der Waals surface area contributed by atoms with E-state index in [1.54, 1.807) is 6.07 Å². The molecule has 4 heteroatoms. The van der Waals surface area contributed by atoms with Crippen molar-refractivity contribution in [3.8, 4) is 5.75 Å². The van der Waals surface area contributed by atoms with Gasteiger partial charge in [-0.1, -0.05) is 18.2 Å². The van der Waals surface area contributed by atoms with Gasteiger partial charge in [0.25, 0.3) is 0 Å². The van der Waals surface area contributed by atoms with E-state index in [0.717, 1.165) is 12.0 Å². The maximum absolute atomic E-state index is 13.4. The standard InChI is InChI=1S/C16H14ClFOS/c17-9-11-5-13(18)8-14(6-11)19-10-15-7-12-3-1-2-4-16(12)20-15/h1-6,8,15H,7,9-10H2. The molecule has 3 rings (SSSR count). The van der Waals surface area contributed by atoms with Gasteiger partial charge in [-0.05, 0) is 35.7 Å². The van der Waals surface area contributed by atoms with Crippen LogP contribution < -0.4 is 4.74 Å². The molecule has 20 heavy (non-hydrogen) atoms. The summed E-state index contributed by atoms with van der Waals surface area (Å²) in [4.78, 5) is 1.32. The molecule has 0 aliphatic carbocycles. The van der Waals surface area contributed by atoms with E-state index in [0.29, 0.717) is 17.6 Å². The van der Waals surface area contributed by atoms with E-state index >= 15 is 0 Å². The Labute approximate surface area is 127 Å². The van der Waals surface area contributed by atoms with Crippen molar-refractivity contribution in [2.24, 2.45) is 0 Å². The van der Waals surface area contributed by atoms with E-state index < -0.39 is 0 Å². The first-order valence-corrected chi connectivity index (χ1v) is 7.89. The van der Waals surface area contributed by atoms with Gasteiger partial charge in [-0.25, -0.2) is 4.39 Å². The molecule has 0 amide bonds. The van der Waals surface area contributed by atoms with Crippen molar-refractivity contribution in [1.82, 2.24) is 0 Å². The SMILES string of the molecule is Fc1cc(CCl)cc(OCC2Cc3ccccc3S2)c1. The van der Waals surface area contributed by atoms with Crippen molar-refractivity contribution in [3.05, 3.63) is 59.4 Å².